The van der Waals surface area contributed by atoms with E-state index in [2.05, 4.69) is 10.0 Å². The molecule has 2 N–H and O–H groups in total. The quantitative estimate of drug-likeness (QED) is 0.527. The number of nitrogens with one attached hydrogen (secondary N) is 2. The van der Waals surface area contributed by atoms with E-state index in [9.17, 15) is 13.2 Å². The van der Waals surface area contributed by atoms with E-state index in [1.54, 1.807) is 36.6 Å². The maximum atomic E-state index is 12.7. The Bertz CT molecular complexity index is 1110. The third kappa shape index (κ3) is 5.44. The molecule has 0 unspecified atom stereocenters. The molecule has 0 saturated carbocycles. The van der Waals surface area contributed by atoms with Gasteiger partial charge in [-0.15, -0.1) is 0 Å². The molecule has 3 aromatic rings. The summed E-state index contributed by atoms with van der Waals surface area (Å²) in [6.07, 6.45) is 1.59. The highest BCUT2D eigenvalue weighted by Gasteiger charge is 2.20. The lowest BCUT2D eigenvalue weighted by Gasteiger charge is -2.22. The Hall–Kier alpha value is -3.30. The van der Waals surface area contributed by atoms with E-state index >= 15 is 0 Å². The molecule has 3 rings (SSSR count). The van der Waals surface area contributed by atoms with Gasteiger partial charge in [0.25, 0.3) is 15.9 Å². The van der Waals surface area contributed by atoms with Gasteiger partial charge >= 0.3 is 0 Å². The molecule has 2 aromatic carbocycles. The molecule has 1 atom stereocenters. The van der Waals surface area contributed by atoms with E-state index in [0.717, 1.165) is 5.76 Å². The van der Waals surface area contributed by atoms with Crippen LogP contribution in [0, 0.1) is 0 Å². The molecule has 0 aliphatic rings. The first-order valence-corrected chi connectivity index (χ1v) is 11.0. The summed E-state index contributed by atoms with van der Waals surface area (Å²) in [4.78, 5) is 14.5. The van der Waals surface area contributed by atoms with Gasteiger partial charge in [0.05, 0.1) is 30.0 Å². The van der Waals surface area contributed by atoms with Crippen LogP contribution in [0.4, 0.5) is 5.69 Å². The number of hydrogen-bond acceptors (Lipinski definition) is 6. The van der Waals surface area contributed by atoms with E-state index in [-0.39, 0.29) is 16.8 Å². The number of carbonyl (C=O) groups is 1. The molecule has 31 heavy (non-hydrogen) atoms. The van der Waals surface area contributed by atoms with Crippen molar-refractivity contribution in [2.24, 2.45) is 0 Å². The number of carbonyl (C=O) groups excluding carboxylic acids is 1. The van der Waals surface area contributed by atoms with Crippen LogP contribution in [0.25, 0.3) is 0 Å². The van der Waals surface area contributed by atoms with Gasteiger partial charge in [0.15, 0.2) is 0 Å². The van der Waals surface area contributed by atoms with E-state index < -0.39 is 10.0 Å². The Morgan fingerprint density at radius 2 is 1.77 bits per heavy atom. The minimum absolute atomic E-state index is 0.0386. The van der Waals surface area contributed by atoms with Crippen LogP contribution in [0.15, 0.2) is 76.2 Å². The monoisotopic (exact) mass is 443 g/mol. The second-order valence-corrected chi connectivity index (χ2v) is 8.72. The van der Waals surface area contributed by atoms with Gasteiger partial charge in [-0.25, -0.2) is 8.42 Å². The summed E-state index contributed by atoms with van der Waals surface area (Å²) in [7, 11) is 1.42. The molecule has 0 bridgehead atoms. The van der Waals surface area contributed by atoms with Crippen molar-refractivity contribution in [2.75, 3.05) is 32.5 Å². The Labute approximate surface area is 181 Å². The zero-order valence-corrected chi connectivity index (χ0v) is 18.3. The van der Waals surface area contributed by atoms with Crippen LogP contribution in [0.5, 0.6) is 5.75 Å². The van der Waals surface area contributed by atoms with Gasteiger partial charge in [0.1, 0.15) is 11.5 Å². The average Bonchev–Trinajstić information content (AvgIpc) is 3.28. The maximum Gasteiger partial charge on any atom is 0.262 e. The predicted octanol–water partition coefficient (Wildman–Crippen LogP) is 3.12. The van der Waals surface area contributed by atoms with Crippen molar-refractivity contribution in [3.05, 3.63) is 78.3 Å². The number of benzene rings is 2. The molecule has 0 aliphatic heterocycles. The second kappa shape index (κ2) is 9.67. The summed E-state index contributed by atoms with van der Waals surface area (Å²) >= 11 is 0. The van der Waals surface area contributed by atoms with Gasteiger partial charge in [0.2, 0.25) is 0 Å². The van der Waals surface area contributed by atoms with E-state index in [4.69, 9.17) is 9.15 Å². The minimum atomic E-state index is -3.84. The van der Waals surface area contributed by atoms with Gasteiger partial charge in [0, 0.05) is 12.1 Å². The summed E-state index contributed by atoms with van der Waals surface area (Å²) < 4.78 is 38.5. The molecule has 1 aromatic heterocycles. The third-order valence-electron chi connectivity index (χ3n) is 4.73. The summed E-state index contributed by atoms with van der Waals surface area (Å²) in [5.74, 6) is 0.850. The fraction of sp³-hybridized carbons (Fsp3) is 0.227. The molecule has 8 nitrogen and oxygen atoms in total. The highest BCUT2D eigenvalue weighted by atomic mass is 32.2. The fourth-order valence-electron chi connectivity index (χ4n) is 3.03. The number of para-hydroxylation sites is 2. The standard InChI is InChI=1S/C22H25N3O5S/c1-25(2)19(21-9-6-14-30-21)15-23-22(26)16-10-12-17(13-11-16)31(27,28)24-18-7-4-5-8-20(18)29-3/h4-14,19,24H,15H2,1-3H3,(H,23,26)/t19-/m1/s1. The Morgan fingerprint density at radius 3 is 2.39 bits per heavy atom. The van der Waals surface area contributed by atoms with Crippen molar-refractivity contribution in [3.8, 4) is 5.75 Å². The van der Waals surface area contributed by atoms with E-state index in [1.165, 1.54) is 31.4 Å². The summed E-state index contributed by atoms with van der Waals surface area (Å²) in [5.41, 5.74) is 0.688. The van der Waals surface area contributed by atoms with Crippen molar-refractivity contribution in [1.29, 1.82) is 0 Å². The number of rotatable bonds is 9. The molecule has 0 aliphatic carbocycles. The average molecular weight is 444 g/mol. The summed E-state index contributed by atoms with van der Waals surface area (Å²) in [6, 6.07) is 16.0. The normalized spacial score (nSPS) is 12.4. The lowest BCUT2D eigenvalue weighted by atomic mass is 10.2. The molecule has 9 heteroatoms. The Balaban J connectivity index is 1.68. The largest absolute Gasteiger partial charge is 0.495 e. The van der Waals surface area contributed by atoms with Crippen LogP contribution in [0.3, 0.4) is 0 Å². The van der Waals surface area contributed by atoms with Gasteiger partial charge in [-0.05, 0) is 62.6 Å². The Morgan fingerprint density at radius 1 is 1.06 bits per heavy atom. The maximum absolute atomic E-state index is 12.7. The van der Waals surface area contributed by atoms with Crippen molar-refractivity contribution < 1.29 is 22.4 Å². The number of sulfonamides is 1. The molecule has 164 valence electrons. The summed E-state index contributed by atoms with van der Waals surface area (Å²) in [5, 5.41) is 2.86. The first-order chi connectivity index (χ1) is 14.8. The first-order valence-electron chi connectivity index (χ1n) is 9.56. The van der Waals surface area contributed by atoms with Crippen LogP contribution in [-0.4, -0.2) is 47.0 Å². The predicted molar refractivity (Wildman–Crippen MR) is 118 cm³/mol. The van der Waals surface area contributed by atoms with E-state index in [0.29, 0.717) is 23.5 Å². The zero-order valence-electron chi connectivity index (χ0n) is 17.5. The molecule has 1 amide bonds. The van der Waals surface area contributed by atoms with E-state index in [1.807, 2.05) is 25.1 Å². The first kappa shape index (κ1) is 22.4. The number of ether oxygens (including phenoxy) is 1. The van der Waals surface area contributed by atoms with Gasteiger partial charge < -0.3 is 14.5 Å². The number of anilines is 1. The number of nitrogens with zero attached hydrogens (tertiary/aromatic N) is 1. The molecule has 0 fully saturated rings. The Kier molecular flexibility index (Phi) is 6.98. The van der Waals surface area contributed by atoms with Gasteiger partial charge in [-0.3, -0.25) is 14.4 Å². The topological polar surface area (TPSA) is 101 Å². The summed E-state index contributed by atoms with van der Waals surface area (Å²) in [6.45, 7) is 0.342. The van der Waals surface area contributed by atoms with Gasteiger partial charge in [-0.1, -0.05) is 12.1 Å². The third-order valence-corrected chi connectivity index (χ3v) is 6.11. The van der Waals surface area contributed by atoms with Gasteiger partial charge in [-0.2, -0.15) is 0 Å². The van der Waals surface area contributed by atoms with Crippen molar-refractivity contribution >= 4 is 21.6 Å². The molecular weight excluding hydrogens is 418 g/mol. The molecule has 0 saturated heterocycles. The second-order valence-electron chi connectivity index (χ2n) is 7.04. The van der Waals surface area contributed by atoms with Crippen molar-refractivity contribution in [3.63, 3.8) is 0 Å². The minimum Gasteiger partial charge on any atom is -0.495 e. The highest BCUT2D eigenvalue weighted by molar-refractivity contribution is 7.92. The zero-order chi connectivity index (χ0) is 22.4. The lowest BCUT2D eigenvalue weighted by molar-refractivity contribution is 0.0939. The number of methoxy groups -OCH3 is 1. The number of furan rings is 1. The van der Waals surface area contributed by atoms with Crippen LogP contribution in [0.1, 0.15) is 22.2 Å². The molecule has 1 heterocycles. The molecule has 0 spiro atoms. The van der Waals surface area contributed by atoms with Crippen LogP contribution < -0.4 is 14.8 Å². The van der Waals surface area contributed by atoms with Crippen LogP contribution in [-0.2, 0) is 10.0 Å². The van der Waals surface area contributed by atoms with Crippen molar-refractivity contribution in [2.45, 2.75) is 10.9 Å². The van der Waals surface area contributed by atoms with Crippen molar-refractivity contribution in [1.82, 2.24) is 10.2 Å². The number of likely N-dealkylation sites (N-methyl/N-ethyl adjacent to an activating group) is 1. The SMILES string of the molecule is COc1ccccc1NS(=O)(=O)c1ccc(C(=O)NC[C@H](c2ccco2)N(C)C)cc1. The molecule has 0 radical (unpaired) electrons. The number of hydrogen-bond donors (Lipinski definition) is 2. The smallest absolute Gasteiger partial charge is 0.262 e. The lowest BCUT2D eigenvalue weighted by Crippen LogP contribution is -2.34. The number of amides is 1. The fourth-order valence-corrected chi connectivity index (χ4v) is 4.10. The molecular formula is C22H25N3O5S. The van der Waals surface area contributed by atoms with Crippen LogP contribution >= 0.6 is 0 Å². The highest BCUT2D eigenvalue weighted by Crippen LogP contribution is 2.26. The van der Waals surface area contributed by atoms with Crippen LogP contribution in [0.2, 0.25) is 0 Å².